The van der Waals surface area contributed by atoms with E-state index >= 15 is 0 Å². The van der Waals surface area contributed by atoms with E-state index in [4.69, 9.17) is 0 Å². The Balaban J connectivity index is 1.89. The molecule has 1 aromatic carbocycles. The normalized spacial score (nSPS) is 19.5. The van der Waals surface area contributed by atoms with Crippen molar-refractivity contribution in [2.45, 2.75) is 19.3 Å². The first kappa shape index (κ1) is 11.8. The first-order valence-corrected chi connectivity index (χ1v) is 6.27. The molecular formula is C14H13N3O2. The molecule has 2 heterocycles. The molecule has 19 heavy (non-hydrogen) atoms. The molecule has 1 aromatic heterocycles. The predicted octanol–water partition coefficient (Wildman–Crippen LogP) is 1.23. The minimum atomic E-state index is -0.203. The Labute approximate surface area is 110 Å². The molecule has 0 radical (unpaired) electrons. The van der Waals surface area contributed by atoms with Gasteiger partial charge in [0.15, 0.2) is 0 Å². The topological polar surface area (TPSA) is 72.0 Å². The van der Waals surface area contributed by atoms with Crippen LogP contribution >= 0.6 is 0 Å². The largest absolute Gasteiger partial charge is 0.296 e. The number of nitrogens with zero attached hydrogens (tertiary/aromatic N) is 2. The first-order chi connectivity index (χ1) is 9.24. The minimum absolute atomic E-state index is 0.190. The van der Waals surface area contributed by atoms with Crippen LogP contribution in [-0.2, 0) is 16.0 Å². The second-order valence-corrected chi connectivity index (χ2v) is 4.73. The van der Waals surface area contributed by atoms with Crippen LogP contribution in [0.1, 0.15) is 18.5 Å². The van der Waals surface area contributed by atoms with E-state index < -0.39 is 0 Å². The minimum Gasteiger partial charge on any atom is -0.296 e. The molecule has 1 saturated heterocycles. The molecule has 3 rings (SSSR count). The number of hydrogen-bond acceptors (Lipinski definition) is 4. The summed E-state index contributed by atoms with van der Waals surface area (Å²) in [5, 5.41) is 12.5. The number of amides is 2. The Bertz CT molecular complexity index is 649. The van der Waals surface area contributed by atoms with Gasteiger partial charge in [0.1, 0.15) is 0 Å². The average Bonchev–Trinajstić information content (AvgIpc) is 2.42. The third kappa shape index (κ3) is 2.31. The zero-order valence-electron chi connectivity index (χ0n) is 10.3. The Hall–Kier alpha value is -2.30. The summed E-state index contributed by atoms with van der Waals surface area (Å²) >= 11 is 0. The van der Waals surface area contributed by atoms with E-state index in [2.05, 4.69) is 15.5 Å². The number of piperidine rings is 1. The zero-order chi connectivity index (χ0) is 13.2. The molecule has 1 aliphatic rings. The molecule has 1 N–H and O–H groups in total. The lowest BCUT2D eigenvalue weighted by molar-refractivity contribution is -0.136. The van der Waals surface area contributed by atoms with Gasteiger partial charge in [-0.2, -0.15) is 10.2 Å². The number of imide groups is 1. The van der Waals surface area contributed by atoms with Gasteiger partial charge in [-0.25, -0.2) is 0 Å². The van der Waals surface area contributed by atoms with Crippen molar-refractivity contribution >= 4 is 22.6 Å². The Morgan fingerprint density at radius 3 is 2.95 bits per heavy atom. The van der Waals surface area contributed by atoms with Gasteiger partial charge >= 0.3 is 0 Å². The summed E-state index contributed by atoms with van der Waals surface area (Å²) in [6.45, 7) is 0. The summed E-state index contributed by atoms with van der Waals surface area (Å²) in [5.41, 5.74) is 0.813. The van der Waals surface area contributed by atoms with E-state index in [-0.39, 0.29) is 17.7 Å². The van der Waals surface area contributed by atoms with Gasteiger partial charge in [0.2, 0.25) is 11.8 Å². The van der Waals surface area contributed by atoms with Crippen molar-refractivity contribution in [2.24, 2.45) is 5.92 Å². The summed E-state index contributed by atoms with van der Waals surface area (Å²) in [4.78, 5) is 22.9. The monoisotopic (exact) mass is 255 g/mol. The highest BCUT2D eigenvalue weighted by molar-refractivity contribution is 5.98. The maximum absolute atomic E-state index is 11.8. The highest BCUT2D eigenvalue weighted by Gasteiger charge is 2.27. The first-order valence-electron chi connectivity index (χ1n) is 6.27. The standard InChI is InChI=1S/C14H13N3O2/c18-13-6-5-9(14(19)16-13)7-12-11-4-2-1-3-10(11)8-15-17-12/h1-4,8-9H,5-7H2,(H,16,18,19). The molecule has 0 aliphatic carbocycles. The Kier molecular flexibility index (Phi) is 2.95. The molecule has 1 unspecified atom stereocenters. The number of rotatable bonds is 2. The lowest BCUT2D eigenvalue weighted by atomic mass is 9.92. The summed E-state index contributed by atoms with van der Waals surface area (Å²) in [6, 6.07) is 7.83. The Morgan fingerprint density at radius 2 is 2.11 bits per heavy atom. The van der Waals surface area contributed by atoms with Crippen molar-refractivity contribution in [3.05, 3.63) is 36.2 Å². The SMILES string of the molecule is O=C1CCC(Cc2nncc3ccccc23)C(=O)N1. The molecule has 0 bridgehead atoms. The van der Waals surface area contributed by atoms with Crippen LogP contribution in [0.4, 0.5) is 0 Å². The molecule has 5 nitrogen and oxygen atoms in total. The molecule has 96 valence electrons. The van der Waals surface area contributed by atoms with Gasteiger partial charge in [0.25, 0.3) is 0 Å². The number of carbonyl (C=O) groups excluding carboxylic acids is 2. The lowest BCUT2D eigenvalue weighted by Gasteiger charge is -2.20. The van der Waals surface area contributed by atoms with Crippen molar-refractivity contribution in [3.8, 4) is 0 Å². The highest BCUT2D eigenvalue weighted by Crippen LogP contribution is 2.22. The van der Waals surface area contributed by atoms with Crippen LogP contribution in [0.3, 0.4) is 0 Å². The van der Waals surface area contributed by atoms with E-state index in [9.17, 15) is 9.59 Å². The van der Waals surface area contributed by atoms with E-state index in [0.29, 0.717) is 19.3 Å². The fourth-order valence-electron chi connectivity index (χ4n) is 2.40. The third-order valence-electron chi connectivity index (χ3n) is 3.44. The van der Waals surface area contributed by atoms with Gasteiger partial charge in [-0.15, -0.1) is 0 Å². The van der Waals surface area contributed by atoms with Crippen LogP contribution in [0, 0.1) is 5.92 Å². The average molecular weight is 255 g/mol. The summed E-state index contributed by atoms with van der Waals surface area (Å²) in [5.74, 6) is -0.589. The van der Waals surface area contributed by atoms with Gasteiger partial charge in [0.05, 0.1) is 11.9 Å². The molecule has 5 heteroatoms. The van der Waals surface area contributed by atoms with Gasteiger partial charge in [-0.05, 0) is 6.42 Å². The van der Waals surface area contributed by atoms with E-state index in [1.165, 1.54) is 0 Å². The number of benzene rings is 1. The summed E-state index contributed by atoms with van der Waals surface area (Å²) in [6.07, 6.45) is 3.21. The molecule has 1 aliphatic heterocycles. The number of nitrogens with one attached hydrogen (secondary N) is 1. The van der Waals surface area contributed by atoms with Crippen molar-refractivity contribution in [1.82, 2.24) is 15.5 Å². The van der Waals surface area contributed by atoms with E-state index in [1.807, 2.05) is 24.3 Å². The van der Waals surface area contributed by atoms with Crippen molar-refractivity contribution in [2.75, 3.05) is 0 Å². The van der Waals surface area contributed by atoms with Crippen LogP contribution in [0.5, 0.6) is 0 Å². The maximum atomic E-state index is 11.8. The second kappa shape index (κ2) is 4.76. The summed E-state index contributed by atoms with van der Waals surface area (Å²) < 4.78 is 0. The fraction of sp³-hybridized carbons (Fsp3) is 0.286. The van der Waals surface area contributed by atoms with Gasteiger partial charge in [-0.1, -0.05) is 24.3 Å². The van der Waals surface area contributed by atoms with Gasteiger partial charge in [-0.3, -0.25) is 14.9 Å². The number of fused-ring (bicyclic) bond motifs is 1. The predicted molar refractivity (Wildman–Crippen MR) is 69.1 cm³/mol. The summed E-state index contributed by atoms with van der Waals surface area (Å²) in [7, 11) is 0. The van der Waals surface area contributed by atoms with E-state index in [0.717, 1.165) is 16.5 Å². The van der Waals surface area contributed by atoms with Gasteiger partial charge < -0.3 is 0 Å². The van der Waals surface area contributed by atoms with Gasteiger partial charge in [0, 0.05) is 29.5 Å². The zero-order valence-corrected chi connectivity index (χ0v) is 10.3. The van der Waals surface area contributed by atoms with Crippen LogP contribution in [0.15, 0.2) is 30.5 Å². The Morgan fingerprint density at radius 1 is 1.26 bits per heavy atom. The number of carbonyl (C=O) groups is 2. The molecular weight excluding hydrogens is 242 g/mol. The lowest BCUT2D eigenvalue weighted by Crippen LogP contribution is -2.41. The smallest absolute Gasteiger partial charge is 0.230 e. The van der Waals surface area contributed by atoms with Crippen molar-refractivity contribution in [1.29, 1.82) is 0 Å². The van der Waals surface area contributed by atoms with E-state index in [1.54, 1.807) is 6.20 Å². The quantitative estimate of drug-likeness (QED) is 0.819. The highest BCUT2D eigenvalue weighted by atomic mass is 16.2. The van der Waals surface area contributed by atoms with Crippen LogP contribution in [0.2, 0.25) is 0 Å². The van der Waals surface area contributed by atoms with Crippen LogP contribution < -0.4 is 5.32 Å². The molecule has 1 atom stereocenters. The fourth-order valence-corrected chi connectivity index (χ4v) is 2.40. The van der Waals surface area contributed by atoms with Crippen LogP contribution in [-0.4, -0.2) is 22.0 Å². The number of hydrogen-bond donors (Lipinski definition) is 1. The third-order valence-corrected chi connectivity index (χ3v) is 3.44. The van der Waals surface area contributed by atoms with Crippen LogP contribution in [0.25, 0.3) is 10.8 Å². The molecule has 2 amide bonds. The molecule has 1 fully saturated rings. The molecule has 0 spiro atoms. The molecule has 0 saturated carbocycles. The molecule has 2 aromatic rings. The second-order valence-electron chi connectivity index (χ2n) is 4.73. The van der Waals surface area contributed by atoms with Crippen molar-refractivity contribution < 1.29 is 9.59 Å². The number of aromatic nitrogens is 2. The maximum Gasteiger partial charge on any atom is 0.230 e. The van der Waals surface area contributed by atoms with Crippen molar-refractivity contribution in [3.63, 3.8) is 0 Å².